The number of carboxylic acids is 1. The number of H-pyrrole nitrogens is 3. The van der Waals surface area contributed by atoms with E-state index >= 15 is 0 Å². The number of carbonyl (C=O) groups is 1. The largest absolute Gasteiger partial charge is 0.480 e. The van der Waals surface area contributed by atoms with Crippen molar-refractivity contribution in [1.82, 2.24) is 39.6 Å². The fourth-order valence-electron chi connectivity index (χ4n) is 3.86. The minimum absolute atomic E-state index is 0.431. The molecular weight excluding hydrogens is 440 g/mol. The number of hydrogen-bond acceptors (Lipinski definition) is 6. The lowest BCUT2D eigenvalue weighted by molar-refractivity contribution is -0.144. The topological polar surface area (TPSA) is 132 Å². The van der Waals surface area contributed by atoms with Crippen LogP contribution in [-0.4, -0.2) is 56.7 Å². The fourth-order valence-corrected chi connectivity index (χ4v) is 4.10. The lowest BCUT2D eigenvalue weighted by atomic mass is 10.1. The van der Waals surface area contributed by atoms with E-state index in [1.807, 2.05) is 39.8 Å². The highest BCUT2D eigenvalue weighted by molar-refractivity contribution is 7.71. The molecule has 0 spiro atoms. The van der Waals surface area contributed by atoms with Crippen LogP contribution in [0, 0.1) is 4.77 Å². The lowest BCUT2D eigenvalue weighted by Gasteiger charge is -2.28. The molecule has 11 heteroatoms. The summed E-state index contributed by atoms with van der Waals surface area (Å²) in [5.41, 5.74) is 2.84. The molecule has 3 heterocycles. The monoisotopic (exact) mass is 466 g/mol. The number of nitrogens with one attached hydrogen (secondary N) is 3. The van der Waals surface area contributed by atoms with Gasteiger partial charge in [0.1, 0.15) is 11.9 Å². The lowest BCUT2D eigenvalue weighted by Crippen LogP contribution is -2.40. The molecule has 0 bridgehead atoms. The third kappa shape index (κ3) is 6.02. The number of imidazole rings is 2. The van der Waals surface area contributed by atoms with Gasteiger partial charge in [0.05, 0.1) is 12.7 Å². The van der Waals surface area contributed by atoms with Gasteiger partial charge in [-0.15, -0.1) is 0 Å². The highest BCUT2D eigenvalue weighted by Crippen LogP contribution is 2.17. The van der Waals surface area contributed by atoms with Crippen molar-refractivity contribution in [2.45, 2.75) is 44.9 Å². The molecule has 1 atom stereocenters. The molecule has 0 fully saturated rings. The van der Waals surface area contributed by atoms with Crippen LogP contribution in [0.1, 0.15) is 35.6 Å². The Balaban J connectivity index is 1.45. The zero-order valence-corrected chi connectivity index (χ0v) is 18.8. The summed E-state index contributed by atoms with van der Waals surface area (Å²) in [5.74, 6) is -0.0285. The van der Waals surface area contributed by atoms with Crippen LogP contribution in [0.4, 0.5) is 0 Å². The maximum atomic E-state index is 12.2. The fraction of sp³-hybridized carbons (Fsp3) is 0.318. The minimum Gasteiger partial charge on any atom is -0.480 e. The molecule has 0 aliphatic carbocycles. The highest BCUT2D eigenvalue weighted by Gasteiger charge is 2.26. The molecule has 4 rings (SSSR count). The third-order valence-electron chi connectivity index (χ3n) is 5.48. The van der Waals surface area contributed by atoms with E-state index in [9.17, 15) is 9.90 Å². The average molecular weight is 467 g/mol. The molecule has 0 radical (unpaired) electrons. The molecule has 0 saturated carbocycles. The van der Waals surface area contributed by atoms with E-state index in [2.05, 4.69) is 30.1 Å². The van der Waals surface area contributed by atoms with Crippen LogP contribution < -0.4 is 0 Å². The number of carboxylic acid groups (broad SMARTS) is 1. The first-order valence-corrected chi connectivity index (χ1v) is 11.1. The van der Waals surface area contributed by atoms with Crippen LogP contribution in [0.3, 0.4) is 0 Å². The first kappa shape index (κ1) is 22.6. The number of aromatic nitrogens is 7. The molecule has 0 saturated heterocycles. The molecule has 0 aliphatic heterocycles. The van der Waals surface area contributed by atoms with E-state index in [1.165, 1.54) is 0 Å². The summed E-state index contributed by atoms with van der Waals surface area (Å²) < 4.78 is 2.50. The summed E-state index contributed by atoms with van der Waals surface area (Å²) in [6, 6.07) is 9.37. The summed E-state index contributed by atoms with van der Waals surface area (Å²) in [6.07, 6.45) is 8.34. The highest BCUT2D eigenvalue weighted by atomic mass is 32.1. The summed E-state index contributed by atoms with van der Waals surface area (Å²) in [5, 5.41) is 17.3. The standard InChI is InChI=1S/C22H26N8O2S/c31-21(32)19(29(12-17-10-23-14-25-17)13-18-11-24-15-26-18)7-4-8-30-20(27-28-22(30)33)9-16-5-2-1-3-6-16/h1-3,5-6,10-11,14-15,19H,4,7-9,12-13H2,(H,23,25)(H,24,26)(H,28,33)(H,31,32)/t19-/m0/s1. The predicted molar refractivity (Wildman–Crippen MR) is 124 cm³/mol. The Kier molecular flexibility index (Phi) is 7.43. The van der Waals surface area contributed by atoms with Crippen molar-refractivity contribution in [3.8, 4) is 0 Å². The van der Waals surface area contributed by atoms with Crippen LogP contribution in [0.5, 0.6) is 0 Å². The Labute approximate surface area is 195 Å². The van der Waals surface area contributed by atoms with Crippen molar-refractivity contribution in [3.63, 3.8) is 0 Å². The number of aliphatic carboxylic acids is 1. The molecule has 4 aromatic rings. The summed E-state index contributed by atoms with van der Waals surface area (Å²) in [6.45, 7) is 1.45. The molecule has 4 N–H and O–H groups in total. The summed E-state index contributed by atoms with van der Waals surface area (Å²) in [4.78, 5) is 28.3. The molecule has 3 aromatic heterocycles. The average Bonchev–Trinajstić information content (AvgIpc) is 3.57. The molecule has 33 heavy (non-hydrogen) atoms. The quantitative estimate of drug-likeness (QED) is 0.236. The predicted octanol–water partition coefficient (Wildman–Crippen LogP) is 2.91. The summed E-state index contributed by atoms with van der Waals surface area (Å²) >= 11 is 5.42. The van der Waals surface area contributed by atoms with E-state index in [-0.39, 0.29) is 0 Å². The Morgan fingerprint density at radius 3 is 2.33 bits per heavy atom. The second-order valence-electron chi connectivity index (χ2n) is 7.81. The minimum atomic E-state index is -0.866. The zero-order valence-electron chi connectivity index (χ0n) is 18.0. The Morgan fingerprint density at radius 1 is 1.09 bits per heavy atom. The number of rotatable bonds is 12. The van der Waals surface area contributed by atoms with Crippen LogP contribution in [0.25, 0.3) is 0 Å². The number of nitrogens with zero attached hydrogens (tertiary/aromatic N) is 5. The van der Waals surface area contributed by atoms with Crippen LogP contribution in [0.15, 0.2) is 55.4 Å². The van der Waals surface area contributed by atoms with Gasteiger partial charge in [-0.05, 0) is 30.6 Å². The van der Waals surface area contributed by atoms with Crippen molar-refractivity contribution < 1.29 is 9.90 Å². The van der Waals surface area contributed by atoms with Crippen LogP contribution >= 0.6 is 12.2 Å². The van der Waals surface area contributed by atoms with Crippen molar-refractivity contribution in [2.75, 3.05) is 0 Å². The molecule has 172 valence electrons. The maximum absolute atomic E-state index is 12.2. The number of hydrogen-bond donors (Lipinski definition) is 4. The first-order valence-electron chi connectivity index (χ1n) is 10.7. The molecule has 10 nitrogen and oxygen atoms in total. The van der Waals surface area contributed by atoms with Crippen molar-refractivity contribution >= 4 is 18.2 Å². The molecule has 0 unspecified atom stereocenters. The van der Waals surface area contributed by atoms with Gasteiger partial charge in [-0.25, -0.2) is 9.97 Å². The van der Waals surface area contributed by atoms with E-state index in [4.69, 9.17) is 12.2 Å². The molecule has 0 amide bonds. The van der Waals surface area contributed by atoms with E-state index in [0.717, 1.165) is 22.8 Å². The van der Waals surface area contributed by atoms with Gasteiger partial charge >= 0.3 is 5.97 Å². The Morgan fingerprint density at radius 2 is 1.76 bits per heavy atom. The van der Waals surface area contributed by atoms with Crippen LogP contribution in [0.2, 0.25) is 0 Å². The maximum Gasteiger partial charge on any atom is 0.320 e. The van der Waals surface area contributed by atoms with Gasteiger partial charge in [0.2, 0.25) is 0 Å². The van der Waals surface area contributed by atoms with Gasteiger partial charge in [-0.3, -0.25) is 14.8 Å². The zero-order chi connectivity index (χ0) is 23.0. The van der Waals surface area contributed by atoms with Gasteiger partial charge in [0.25, 0.3) is 0 Å². The summed E-state index contributed by atoms with van der Waals surface area (Å²) in [7, 11) is 0. The second kappa shape index (κ2) is 10.8. The van der Waals surface area contributed by atoms with Gasteiger partial charge in [0, 0.05) is 49.8 Å². The molecular formula is C22H26N8O2S. The smallest absolute Gasteiger partial charge is 0.320 e. The van der Waals surface area contributed by atoms with E-state index in [0.29, 0.717) is 43.7 Å². The van der Waals surface area contributed by atoms with Crippen molar-refractivity contribution in [3.05, 3.63) is 82.9 Å². The Bertz CT molecular complexity index is 1150. The van der Waals surface area contributed by atoms with E-state index < -0.39 is 12.0 Å². The third-order valence-corrected chi connectivity index (χ3v) is 5.80. The van der Waals surface area contributed by atoms with Crippen molar-refractivity contribution in [2.24, 2.45) is 0 Å². The van der Waals surface area contributed by atoms with Gasteiger partial charge in [0.15, 0.2) is 4.77 Å². The number of benzene rings is 1. The van der Waals surface area contributed by atoms with Gasteiger partial charge in [-0.2, -0.15) is 5.10 Å². The van der Waals surface area contributed by atoms with E-state index in [1.54, 1.807) is 25.0 Å². The molecule has 1 aromatic carbocycles. The Hall–Kier alpha value is -3.57. The van der Waals surface area contributed by atoms with Gasteiger partial charge < -0.3 is 19.6 Å². The van der Waals surface area contributed by atoms with Crippen LogP contribution in [-0.2, 0) is 30.8 Å². The van der Waals surface area contributed by atoms with Crippen molar-refractivity contribution in [1.29, 1.82) is 0 Å². The molecule has 0 aliphatic rings. The second-order valence-corrected chi connectivity index (χ2v) is 8.20. The van der Waals surface area contributed by atoms with Gasteiger partial charge in [-0.1, -0.05) is 30.3 Å². The normalized spacial score (nSPS) is 12.3. The first-order chi connectivity index (χ1) is 16.1. The number of aromatic amines is 3. The SMILES string of the molecule is O=C(O)[C@H](CCCn1c(Cc2ccccc2)n[nH]c1=S)N(Cc1cnc[nH]1)Cc1cnc[nH]1.